The van der Waals surface area contributed by atoms with Gasteiger partial charge < -0.3 is 14.4 Å². The van der Waals surface area contributed by atoms with Gasteiger partial charge in [-0.2, -0.15) is 0 Å². The van der Waals surface area contributed by atoms with E-state index in [4.69, 9.17) is 9.47 Å². The summed E-state index contributed by atoms with van der Waals surface area (Å²) < 4.78 is 10.7. The van der Waals surface area contributed by atoms with Gasteiger partial charge in [0.05, 0.1) is 19.9 Å². The molecule has 0 amide bonds. The van der Waals surface area contributed by atoms with E-state index in [1.807, 2.05) is 6.07 Å². The van der Waals surface area contributed by atoms with Gasteiger partial charge in [-0.05, 0) is 31.0 Å². The van der Waals surface area contributed by atoms with E-state index in [1.54, 1.807) is 25.6 Å². The fourth-order valence-corrected chi connectivity index (χ4v) is 3.90. The van der Waals surface area contributed by atoms with Crippen LogP contribution in [0.1, 0.15) is 17.7 Å². The van der Waals surface area contributed by atoms with Crippen molar-refractivity contribution in [2.24, 2.45) is 0 Å². The summed E-state index contributed by atoms with van der Waals surface area (Å²) in [6.45, 7) is 7.25. The number of methoxy groups -OCH3 is 2. The van der Waals surface area contributed by atoms with Crippen molar-refractivity contribution in [3.63, 3.8) is 0 Å². The van der Waals surface area contributed by atoms with E-state index in [1.165, 1.54) is 5.56 Å². The molecule has 1 fully saturated rings. The SMILES string of the molecule is COc1ccc(CN2CCCN(c3nc(C)cs3)CC2)cc1OC. The van der Waals surface area contributed by atoms with Gasteiger partial charge in [-0.1, -0.05) is 6.07 Å². The summed E-state index contributed by atoms with van der Waals surface area (Å²) in [6, 6.07) is 6.18. The molecule has 2 heterocycles. The van der Waals surface area contributed by atoms with Crippen molar-refractivity contribution >= 4 is 16.5 Å². The minimum absolute atomic E-state index is 0.780. The second-order valence-electron chi connectivity index (χ2n) is 6.08. The molecule has 0 N–H and O–H groups in total. The molecule has 0 bridgehead atoms. The summed E-state index contributed by atoms with van der Waals surface area (Å²) in [5.41, 5.74) is 2.37. The molecule has 1 aromatic carbocycles. The lowest BCUT2D eigenvalue weighted by atomic mass is 10.2. The Kier molecular flexibility index (Phi) is 5.58. The molecule has 1 aromatic heterocycles. The van der Waals surface area contributed by atoms with Crippen molar-refractivity contribution in [1.82, 2.24) is 9.88 Å². The third-order valence-electron chi connectivity index (χ3n) is 4.32. The Bertz CT molecular complexity index is 674. The van der Waals surface area contributed by atoms with Crippen LogP contribution in [0.5, 0.6) is 11.5 Å². The number of aryl methyl sites for hydroxylation is 1. The highest BCUT2D eigenvalue weighted by Gasteiger charge is 2.17. The molecule has 1 saturated heterocycles. The second-order valence-corrected chi connectivity index (χ2v) is 6.91. The van der Waals surface area contributed by atoms with Crippen molar-refractivity contribution in [1.29, 1.82) is 0 Å². The van der Waals surface area contributed by atoms with Gasteiger partial charge in [0.1, 0.15) is 0 Å². The molecule has 0 spiro atoms. The molecule has 3 rings (SSSR count). The Balaban J connectivity index is 1.62. The maximum Gasteiger partial charge on any atom is 0.185 e. The molecule has 130 valence electrons. The first-order valence-corrected chi connectivity index (χ1v) is 9.18. The molecule has 1 aliphatic heterocycles. The number of benzene rings is 1. The van der Waals surface area contributed by atoms with Crippen molar-refractivity contribution in [2.75, 3.05) is 45.3 Å². The number of anilines is 1. The van der Waals surface area contributed by atoms with Crippen LogP contribution >= 0.6 is 11.3 Å². The molecule has 1 aliphatic rings. The largest absolute Gasteiger partial charge is 0.493 e. The highest BCUT2D eigenvalue weighted by molar-refractivity contribution is 7.13. The van der Waals surface area contributed by atoms with Gasteiger partial charge in [0.2, 0.25) is 0 Å². The zero-order valence-corrected chi connectivity index (χ0v) is 15.4. The lowest BCUT2D eigenvalue weighted by molar-refractivity contribution is 0.284. The first-order chi connectivity index (χ1) is 11.7. The first kappa shape index (κ1) is 17.0. The van der Waals surface area contributed by atoms with Crippen molar-refractivity contribution in [2.45, 2.75) is 19.9 Å². The van der Waals surface area contributed by atoms with E-state index < -0.39 is 0 Å². The third-order valence-corrected chi connectivity index (χ3v) is 5.34. The molecule has 2 aromatic rings. The number of nitrogens with zero attached hydrogens (tertiary/aromatic N) is 3. The van der Waals surface area contributed by atoms with Crippen LogP contribution in [-0.4, -0.2) is 50.3 Å². The van der Waals surface area contributed by atoms with Crippen LogP contribution in [0.2, 0.25) is 0 Å². The molecule has 5 nitrogen and oxygen atoms in total. The molecule has 24 heavy (non-hydrogen) atoms. The van der Waals surface area contributed by atoms with E-state index in [2.05, 4.69) is 39.2 Å². The number of ether oxygens (including phenoxy) is 2. The predicted octanol–water partition coefficient (Wildman–Crippen LogP) is 3.18. The number of rotatable bonds is 5. The molecule has 0 aliphatic carbocycles. The molecule has 6 heteroatoms. The van der Waals surface area contributed by atoms with Gasteiger partial charge >= 0.3 is 0 Å². The number of hydrogen-bond donors (Lipinski definition) is 0. The smallest absolute Gasteiger partial charge is 0.185 e. The lowest BCUT2D eigenvalue weighted by Crippen LogP contribution is -2.30. The summed E-state index contributed by atoms with van der Waals surface area (Å²) in [5.74, 6) is 1.58. The highest BCUT2D eigenvalue weighted by Crippen LogP contribution is 2.28. The van der Waals surface area contributed by atoms with Gasteiger partial charge in [0, 0.05) is 38.1 Å². The summed E-state index contributed by atoms with van der Waals surface area (Å²) in [6.07, 6.45) is 1.16. The third kappa shape index (κ3) is 3.99. The normalized spacial score (nSPS) is 16.0. The monoisotopic (exact) mass is 347 g/mol. The Labute approximate surface area is 147 Å². The Morgan fingerprint density at radius 1 is 1.08 bits per heavy atom. The molecule has 0 unspecified atom stereocenters. The topological polar surface area (TPSA) is 37.8 Å². The number of thiazole rings is 1. The minimum Gasteiger partial charge on any atom is -0.493 e. The van der Waals surface area contributed by atoms with Crippen LogP contribution in [-0.2, 0) is 6.54 Å². The molecular weight excluding hydrogens is 322 g/mol. The van der Waals surface area contributed by atoms with Crippen LogP contribution in [0.3, 0.4) is 0 Å². The van der Waals surface area contributed by atoms with Crippen LogP contribution in [0, 0.1) is 6.92 Å². The molecule has 0 atom stereocenters. The van der Waals surface area contributed by atoms with E-state index in [0.29, 0.717) is 0 Å². The summed E-state index contributed by atoms with van der Waals surface area (Å²) in [5, 5.41) is 3.28. The number of hydrogen-bond acceptors (Lipinski definition) is 6. The summed E-state index contributed by atoms with van der Waals surface area (Å²) in [4.78, 5) is 9.53. The summed E-state index contributed by atoms with van der Waals surface area (Å²) in [7, 11) is 3.35. The average Bonchev–Trinajstić information content (AvgIpc) is 2.89. The van der Waals surface area contributed by atoms with E-state index >= 15 is 0 Å². The predicted molar refractivity (Wildman–Crippen MR) is 98.5 cm³/mol. The first-order valence-electron chi connectivity index (χ1n) is 8.30. The molecule has 0 radical (unpaired) electrons. The van der Waals surface area contributed by atoms with E-state index in [9.17, 15) is 0 Å². The maximum absolute atomic E-state index is 5.41. The van der Waals surface area contributed by atoms with Crippen LogP contribution in [0.4, 0.5) is 5.13 Å². The van der Waals surface area contributed by atoms with Crippen molar-refractivity contribution < 1.29 is 9.47 Å². The Morgan fingerprint density at radius 3 is 2.62 bits per heavy atom. The van der Waals surface area contributed by atoms with E-state index in [-0.39, 0.29) is 0 Å². The van der Waals surface area contributed by atoms with Crippen LogP contribution in [0.15, 0.2) is 23.6 Å². The van der Waals surface area contributed by atoms with Gasteiger partial charge in [0.25, 0.3) is 0 Å². The van der Waals surface area contributed by atoms with Crippen molar-refractivity contribution in [3.05, 3.63) is 34.8 Å². The van der Waals surface area contributed by atoms with Crippen LogP contribution in [0.25, 0.3) is 0 Å². The fourth-order valence-electron chi connectivity index (χ4n) is 3.04. The van der Waals surface area contributed by atoms with E-state index in [0.717, 1.165) is 61.5 Å². The Hall–Kier alpha value is -1.79. The Morgan fingerprint density at radius 2 is 1.92 bits per heavy atom. The van der Waals surface area contributed by atoms with Gasteiger partial charge in [-0.25, -0.2) is 4.98 Å². The van der Waals surface area contributed by atoms with Gasteiger partial charge in [-0.3, -0.25) is 4.90 Å². The lowest BCUT2D eigenvalue weighted by Gasteiger charge is -2.22. The average molecular weight is 347 g/mol. The highest BCUT2D eigenvalue weighted by atomic mass is 32.1. The molecular formula is C18H25N3O2S. The second kappa shape index (κ2) is 7.85. The fraction of sp³-hybridized carbons (Fsp3) is 0.500. The van der Waals surface area contributed by atoms with Crippen LogP contribution < -0.4 is 14.4 Å². The maximum atomic E-state index is 5.41. The number of aromatic nitrogens is 1. The zero-order chi connectivity index (χ0) is 16.9. The van der Waals surface area contributed by atoms with Gasteiger partial charge in [-0.15, -0.1) is 11.3 Å². The quantitative estimate of drug-likeness (QED) is 0.830. The molecule has 0 saturated carbocycles. The standard InChI is InChI=1S/C18H25N3O2S/c1-14-13-24-18(19-14)21-8-4-7-20(9-10-21)12-15-5-6-16(22-2)17(11-15)23-3/h5-6,11,13H,4,7-10,12H2,1-3H3. The zero-order valence-electron chi connectivity index (χ0n) is 14.6. The summed E-state index contributed by atoms with van der Waals surface area (Å²) >= 11 is 1.75. The van der Waals surface area contributed by atoms with Gasteiger partial charge in [0.15, 0.2) is 16.6 Å². The minimum atomic E-state index is 0.780. The van der Waals surface area contributed by atoms with Crippen molar-refractivity contribution in [3.8, 4) is 11.5 Å².